The maximum Gasteiger partial charge on any atom is 0.264 e. The third kappa shape index (κ3) is 4.43. The van der Waals surface area contributed by atoms with E-state index < -0.39 is 0 Å². The summed E-state index contributed by atoms with van der Waals surface area (Å²) in [6, 6.07) is 14.1. The van der Waals surface area contributed by atoms with Crippen LogP contribution in [0.3, 0.4) is 0 Å². The molecule has 1 unspecified atom stereocenters. The van der Waals surface area contributed by atoms with Gasteiger partial charge in [-0.2, -0.15) is 0 Å². The van der Waals surface area contributed by atoms with Gasteiger partial charge < -0.3 is 15.1 Å². The lowest BCUT2D eigenvalue weighted by molar-refractivity contribution is -0.114. The van der Waals surface area contributed by atoms with E-state index in [1.165, 1.54) is 5.69 Å². The normalized spacial score (nSPS) is 21.3. The molecule has 7 heteroatoms. The second kappa shape index (κ2) is 9.00. The first kappa shape index (κ1) is 20.6. The number of hydrogen-bond acceptors (Lipinski definition) is 4. The largest absolute Gasteiger partial charge is 0.369 e. The Labute approximate surface area is 185 Å². The van der Waals surface area contributed by atoms with Gasteiger partial charge in [0.25, 0.3) is 5.91 Å². The minimum absolute atomic E-state index is 0.00367. The van der Waals surface area contributed by atoms with E-state index in [-0.39, 0.29) is 5.91 Å². The number of hydrogen-bond donors (Lipinski definition) is 1. The van der Waals surface area contributed by atoms with Crippen LogP contribution in [0.2, 0.25) is 10.0 Å². The maximum atomic E-state index is 13.2. The van der Waals surface area contributed by atoms with Crippen LogP contribution >= 0.6 is 35.0 Å². The zero-order valence-corrected chi connectivity index (χ0v) is 18.5. The number of nitrogens with zero attached hydrogens (tertiary/aromatic N) is 2. The molecule has 0 aliphatic carbocycles. The molecule has 0 bridgehead atoms. The zero-order chi connectivity index (χ0) is 20.4. The van der Waals surface area contributed by atoms with Gasteiger partial charge in [-0.05, 0) is 49.4 Å². The number of anilines is 2. The molecule has 1 N–H and O–H groups in total. The summed E-state index contributed by atoms with van der Waals surface area (Å²) < 4.78 is 0. The van der Waals surface area contributed by atoms with E-state index in [2.05, 4.69) is 28.4 Å². The molecule has 2 aliphatic heterocycles. The van der Waals surface area contributed by atoms with Crippen molar-refractivity contribution in [3.05, 3.63) is 63.0 Å². The third-order valence-electron chi connectivity index (χ3n) is 5.40. The molecule has 0 aromatic heterocycles. The number of likely N-dealkylation sites (N-methyl/N-ethyl adjacent to an activating group) is 1. The van der Waals surface area contributed by atoms with Crippen molar-refractivity contribution in [1.82, 2.24) is 5.32 Å². The maximum absolute atomic E-state index is 13.2. The van der Waals surface area contributed by atoms with Gasteiger partial charge >= 0.3 is 0 Å². The van der Waals surface area contributed by atoms with E-state index in [0.29, 0.717) is 22.6 Å². The van der Waals surface area contributed by atoms with Gasteiger partial charge in [-0.25, -0.2) is 0 Å². The van der Waals surface area contributed by atoms with Crippen LogP contribution in [0.4, 0.5) is 11.4 Å². The molecule has 1 atom stereocenters. The van der Waals surface area contributed by atoms with Gasteiger partial charge in [-0.15, -0.1) is 11.8 Å². The van der Waals surface area contributed by atoms with Crippen molar-refractivity contribution in [2.45, 2.75) is 12.5 Å². The topological polar surface area (TPSA) is 35.6 Å². The quantitative estimate of drug-likeness (QED) is 0.675. The molecule has 4 rings (SSSR count). The molecule has 29 heavy (non-hydrogen) atoms. The number of amides is 1. The van der Waals surface area contributed by atoms with Crippen molar-refractivity contribution in [1.29, 1.82) is 0 Å². The minimum Gasteiger partial charge on any atom is -0.369 e. The van der Waals surface area contributed by atoms with E-state index in [1.54, 1.807) is 28.8 Å². The van der Waals surface area contributed by atoms with Gasteiger partial charge in [0.2, 0.25) is 0 Å². The van der Waals surface area contributed by atoms with Crippen molar-refractivity contribution in [3.8, 4) is 0 Å². The van der Waals surface area contributed by atoms with Crippen LogP contribution in [0.5, 0.6) is 0 Å². The molecule has 1 amide bonds. The Bertz CT molecular complexity index is 949. The van der Waals surface area contributed by atoms with Crippen LogP contribution in [0.1, 0.15) is 12.0 Å². The smallest absolute Gasteiger partial charge is 0.264 e. The first-order valence-electron chi connectivity index (χ1n) is 9.69. The molecule has 0 radical (unpaired) electrons. The fraction of sp³-hybridized carbons (Fsp3) is 0.318. The second-order valence-electron chi connectivity index (χ2n) is 7.19. The number of halogens is 2. The van der Waals surface area contributed by atoms with Crippen LogP contribution in [0, 0.1) is 0 Å². The Hall–Kier alpha value is -1.66. The standard InChI is InChI=1S/C22H23Cl2N3OS/c1-25-16-8-9-26(14-16)20-5-3-2-4-15(20)12-21-22(28)27(10-11-29-21)17-6-7-18(23)19(24)13-17/h2-7,12-13,16,25H,8-11,14H2,1H3/b21-12-. The summed E-state index contributed by atoms with van der Waals surface area (Å²) in [6.45, 7) is 2.64. The highest BCUT2D eigenvalue weighted by molar-refractivity contribution is 8.04. The highest BCUT2D eigenvalue weighted by Gasteiger charge is 2.27. The van der Waals surface area contributed by atoms with Gasteiger partial charge in [-0.1, -0.05) is 41.4 Å². The average Bonchev–Trinajstić information content (AvgIpc) is 3.21. The predicted molar refractivity (Wildman–Crippen MR) is 125 cm³/mol. The molecule has 2 saturated heterocycles. The van der Waals surface area contributed by atoms with Crippen molar-refractivity contribution >= 4 is 58.3 Å². The number of carbonyl (C=O) groups excluding carboxylic acids is 1. The zero-order valence-electron chi connectivity index (χ0n) is 16.2. The van der Waals surface area contributed by atoms with Crippen LogP contribution < -0.4 is 15.1 Å². The molecule has 2 fully saturated rings. The Morgan fingerprint density at radius 3 is 2.72 bits per heavy atom. The Morgan fingerprint density at radius 2 is 1.97 bits per heavy atom. The van der Waals surface area contributed by atoms with Crippen molar-refractivity contribution < 1.29 is 4.79 Å². The number of nitrogens with one attached hydrogen (secondary N) is 1. The SMILES string of the molecule is CNC1CCN(c2ccccc2/C=C2\SCCN(c3ccc(Cl)c(Cl)c3)C2=O)C1. The summed E-state index contributed by atoms with van der Waals surface area (Å²) >= 11 is 13.8. The van der Waals surface area contributed by atoms with E-state index in [0.717, 1.165) is 41.4 Å². The van der Waals surface area contributed by atoms with E-state index in [9.17, 15) is 4.79 Å². The molecule has 0 spiro atoms. The number of rotatable bonds is 4. The van der Waals surface area contributed by atoms with Gasteiger partial charge in [0, 0.05) is 42.8 Å². The van der Waals surface area contributed by atoms with Crippen molar-refractivity contribution in [2.75, 3.05) is 42.2 Å². The molecular formula is C22H23Cl2N3OS. The Balaban J connectivity index is 1.61. The molecular weight excluding hydrogens is 425 g/mol. The molecule has 2 aromatic rings. The molecule has 2 aromatic carbocycles. The lowest BCUT2D eigenvalue weighted by atomic mass is 10.1. The van der Waals surface area contributed by atoms with Gasteiger partial charge in [0.1, 0.15) is 0 Å². The Morgan fingerprint density at radius 1 is 1.14 bits per heavy atom. The lowest BCUT2D eigenvalue weighted by Gasteiger charge is -2.29. The van der Waals surface area contributed by atoms with Crippen molar-refractivity contribution in [2.24, 2.45) is 0 Å². The number of para-hydroxylation sites is 1. The molecule has 152 valence electrons. The molecule has 4 nitrogen and oxygen atoms in total. The minimum atomic E-state index is 0.00367. The predicted octanol–water partition coefficient (Wildman–Crippen LogP) is 4.91. The van der Waals surface area contributed by atoms with Crippen LogP contribution in [0.25, 0.3) is 6.08 Å². The summed E-state index contributed by atoms with van der Waals surface area (Å²) in [5, 5.41) is 4.31. The van der Waals surface area contributed by atoms with Gasteiger partial charge in [-0.3, -0.25) is 4.79 Å². The number of thioether (sulfide) groups is 1. The summed E-state index contributed by atoms with van der Waals surface area (Å²) in [5.74, 6) is 0.842. The van der Waals surface area contributed by atoms with Gasteiger partial charge in [0.15, 0.2) is 0 Å². The first-order valence-corrected chi connectivity index (χ1v) is 11.4. The van der Waals surface area contributed by atoms with Crippen LogP contribution in [0.15, 0.2) is 47.4 Å². The van der Waals surface area contributed by atoms with Crippen molar-refractivity contribution in [3.63, 3.8) is 0 Å². The number of benzene rings is 2. The molecule has 0 saturated carbocycles. The fourth-order valence-corrected chi connectivity index (χ4v) is 5.03. The first-order chi connectivity index (χ1) is 14.1. The number of carbonyl (C=O) groups is 1. The summed E-state index contributed by atoms with van der Waals surface area (Å²) in [7, 11) is 2.01. The molecule has 2 heterocycles. The summed E-state index contributed by atoms with van der Waals surface area (Å²) in [6.07, 6.45) is 3.15. The molecule has 2 aliphatic rings. The summed E-state index contributed by atoms with van der Waals surface area (Å²) in [5.41, 5.74) is 3.04. The van der Waals surface area contributed by atoms with Crippen LogP contribution in [-0.4, -0.2) is 44.4 Å². The summed E-state index contributed by atoms with van der Waals surface area (Å²) in [4.78, 5) is 18.1. The fourth-order valence-electron chi connectivity index (χ4n) is 3.80. The highest BCUT2D eigenvalue weighted by atomic mass is 35.5. The third-order valence-corrected chi connectivity index (χ3v) is 7.13. The van der Waals surface area contributed by atoms with Gasteiger partial charge in [0.05, 0.1) is 15.0 Å². The average molecular weight is 448 g/mol. The Kier molecular flexibility index (Phi) is 6.40. The van der Waals surface area contributed by atoms with E-state index >= 15 is 0 Å². The van der Waals surface area contributed by atoms with E-state index in [4.69, 9.17) is 23.2 Å². The van der Waals surface area contributed by atoms with Crippen LogP contribution in [-0.2, 0) is 4.79 Å². The van der Waals surface area contributed by atoms with E-state index in [1.807, 2.05) is 25.3 Å². The lowest BCUT2D eigenvalue weighted by Crippen LogP contribution is -2.37. The highest BCUT2D eigenvalue weighted by Crippen LogP contribution is 2.34. The second-order valence-corrected chi connectivity index (χ2v) is 9.14. The monoisotopic (exact) mass is 447 g/mol.